The maximum absolute atomic E-state index is 5.47. The molecular formula is C8H10NO2. The third-order valence-electron chi connectivity index (χ3n) is 1.34. The summed E-state index contributed by atoms with van der Waals surface area (Å²) >= 11 is 0. The molecule has 1 rings (SSSR count). The van der Waals surface area contributed by atoms with Gasteiger partial charge >= 0.3 is 0 Å². The third-order valence-corrected chi connectivity index (χ3v) is 1.34. The number of benzene rings is 1. The largest absolute Gasteiger partial charge is 0.493 e. The summed E-state index contributed by atoms with van der Waals surface area (Å²) < 4.78 is 9.97. The van der Waals surface area contributed by atoms with Crippen molar-refractivity contribution < 1.29 is 9.47 Å². The van der Waals surface area contributed by atoms with Gasteiger partial charge in [0.2, 0.25) is 0 Å². The fraction of sp³-hybridized carbons (Fsp3) is 0.250. The Morgan fingerprint density at radius 3 is 2.45 bits per heavy atom. The summed E-state index contributed by atoms with van der Waals surface area (Å²) in [5.74, 6) is 1.27. The van der Waals surface area contributed by atoms with Crippen LogP contribution >= 0.6 is 0 Å². The van der Waals surface area contributed by atoms with Crippen LogP contribution in [0.1, 0.15) is 0 Å². The van der Waals surface area contributed by atoms with Gasteiger partial charge in [0.25, 0.3) is 0 Å². The van der Waals surface area contributed by atoms with Gasteiger partial charge in [-0.1, -0.05) is 0 Å². The van der Waals surface area contributed by atoms with E-state index in [1.54, 1.807) is 26.4 Å². The van der Waals surface area contributed by atoms with E-state index in [1.165, 1.54) is 0 Å². The Labute approximate surface area is 65.7 Å². The molecule has 0 aliphatic heterocycles. The number of nitrogens with two attached hydrogens (primary N) is 1. The van der Waals surface area contributed by atoms with E-state index in [0.29, 0.717) is 17.2 Å². The lowest BCUT2D eigenvalue weighted by Gasteiger charge is -2.06. The first-order chi connectivity index (χ1) is 5.27. The summed E-state index contributed by atoms with van der Waals surface area (Å²) in [4.78, 5) is 0. The maximum Gasteiger partial charge on any atom is 0.162 e. The monoisotopic (exact) mass is 152 g/mol. The molecule has 0 atom stereocenters. The Morgan fingerprint density at radius 1 is 1.27 bits per heavy atom. The molecular weight excluding hydrogens is 142 g/mol. The molecule has 3 nitrogen and oxygen atoms in total. The fourth-order valence-electron chi connectivity index (χ4n) is 0.793. The number of hydrogen-bond donors (Lipinski definition) is 1. The van der Waals surface area contributed by atoms with Gasteiger partial charge in [0.05, 0.1) is 14.2 Å². The van der Waals surface area contributed by atoms with Crippen LogP contribution in [0.3, 0.4) is 0 Å². The lowest BCUT2D eigenvalue weighted by atomic mass is 10.3. The van der Waals surface area contributed by atoms with Crippen molar-refractivity contribution >= 4 is 5.69 Å². The van der Waals surface area contributed by atoms with Crippen molar-refractivity contribution in [1.82, 2.24) is 0 Å². The van der Waals surface area contributed by atoms with Gasteiger partial charge in [-0.3, -0.25) is 0 Å². The molecule has 0 aromatic heterocycles. The van der Waals surface area contributed by atoms with Crippen molar-refractivity contribution in [3.8, 4) is 11.5 Å². The van der Waals surface area contributed by atoms with Crippen LogP contribution in [-0.2, 0) is 0 Å². The first-order valence-corrected chi connectivity index (χ1v) is 3.17. The lowest BCUT2D eigenvalue weighted by molar-refractivity contribution is 0.355. The molecule has 59 valence electrons. The quantitative estimate of drug-likeness (QED) is 0.645. The highest BCUT2D eigenvalue weighted by Crippen LogP contribution is 2.27. The minimum atomic E-state index is 0.544. The summed E-state index contributed by atoms with van der Waals surface area (Å²) in [6.45, 7) is 0. The molecule has 0 fully saturated rings. The Hall–Kier alpha value is -1.38. The molecule has 1 radical (unpaired) electrons. The van der Waals surface area contributed by atoms with Gasteiger partial charge in [-0.25, -0.2) is 0 Å². The predicted octanol–water partition coefficient (Wildman–Crippen LogP) is 1.09. The second-order valence-corrected chi connectivity index (χ2v) is 2.03. The zero-order valence-electron chi connectivity index (χ0n) is 6.55. The number of ether oxygens (including phenoxy) is 2. The van der Waals surface area contributed by atoms with E-state index in [9.17, 15) is 0 Å². The Kier molecular flexibility index (Phi) is 2.21. The number of nitrogen functional groups attached to an aromatic ring is 1. The number of methoxy groups -OCH3 is 2. The maximum atomic E-state index is 5.47. The Balaban J connectivity index is 3.06. The van der Waals surface area contributed by atoms with E-state index in [2.05, 4.69) is 6.07 Å². The Morgan fingerprint density at radius 2 is 1.91 bits per heavy atom. The molecule has 0 aliphatic carbocycles. The van der Waals surface area contributed by atoms with Crippen molar-refractivity contribution in [1.29, 1.82) is 0 Å². The van der Waals surface area contributed by atoms with Crippen LogP contribution in [0.15, 0.2) is 12.1 Å². The van der Waals surface area contributed by atoms with Crippen LogP contribution in [0.4, 0.5) is 5.69 Å². The minimum absolute atomic E-state index is 0.544. The molecule has 0 amide bonds. The molecule has 0 unspecified atom stereocenters. The van der Waals surface area contributed by atoms with E-state index < -0.39 is 0 Å². The van der Waals surface area contributed by atoms with Gasteiger partial charge < -0.3 is 15.2 Å². The standard InChI is InChI=1S/C8H10NO2/c1-10-7-4-3-6(9)5-8(7)11-2/h4-5H,9H2,1-2H3. The summed E-state index contributed by atoms with van der Waals surface area (Å²) in [5, 5.41) is 0. The van der Waals surface area contributed by atoms with Crippen molar-refractivity contribution in [2.75, 3.05) is 20.0 Å². The van der Waals surface area contributed by atoms with Crippen molar-refractivity contribution in [2.24, 2.45) is 0 Å². The van der Waals surface area contributed by atoms with Gasteiger partial charge in [0.1, 0.15) is 0 Å². The molecule has 0 spiro atoms. The van der Waals surface area contributed by atoms with Crippen LogP contribution in [0.5, 0.6) is 11.5 Å². The van der Waals surface area contributed by atoms with Crippen LogP contribution < -0.4 is 15.2 Å². The Bertz CT molecular complexity index is 248. The van der Waals surface area contributed by atoms with Gasteiger partial charge in [0, 0.05) is 17.8 Å². The van der Waals surface area contributed by atoms with E-state index in [0.717, 1.165) is 0 Å². The second kappa shape index (κ2) is 3.14. The van der Waals surface area contributed by atoms with Crippen molar-refractivity contribution in [3.05, 3.63) is 18.2 Å². The topological polar surface area (TPSA) is 44.5 Å². The molecule has 0 aliphatic rings. The highest BCUT2D eigenvalue weighted by atomic mass is 16.5. The van der Waals surface area contributed by atoms with E-state index >= 15 is 0 Å². The first-order valence-electron chi connectivity index (χ1n) is 3.17. The molecule has 0 bridgehead atoms. The highest BCUT2D eigenvalue weighted by Gasteiger charge is 2.01. The second-order valence-electron chi connectivity index (χ2n) is 2.03. The van der Waals surface area contributed by atoms with Gasteiger partial charge in [-0.05, 0) is 6.07 Å². The summed E-state index contributed by atoms with van der Waals surface area (Å²) in [5.41, 5.74) is 6.01. The average Bonchev–Trinajstić information content (AvgIpc) is 2.04. The zero-order chi connectivity index (χ0) is 8.27. The molecule has 0 heterocycles. The molecule has 3 heteroatoms. The van der Waals surface area contributed by atoms with Crippen molar-refractivity contribution in [2.45, 2.75) is 0 Å². The minimum Gasteiger partial charge on any atom is -0.493 e. The summed E-state index contributed by atoms with van der Waals surface area (Å²) in [6, 6.07) is 6.11. The van der Waals surface area contributed by atoms with Gasteiger partial charge in [0.15, 0.2) is 11.5 Å². The van der Waals surface area contributed by atoms with Gasteiger partial charge in [-0.15, -0.1) is 0 Å². The number of anilines is 1. The summed E-state index contributed by atoms with van der Waals surface area (Å²) in [6.07, 6.45) is 0. The van der Waals surface area contributed by atoms with Crippen LogP contribution in [0.25, 0.3) is 0 Å². The number of hydrogen-bond acceptors (Lipinski definition) is 3. The normalized spacial score (nSPS) is 9.27. The highest BCUT2D eigenvalue weighted by molar-refractivity contribution is 5.50. The molecule has 2 N–H and O–H groups in total. The van der Waals surface area contributed by atoms with Crippen LogP contribution in [0.2, 0.25) is 0 Å². The van der Waals surface area contributed by atoms with Crippen molar-refractivity contribution in [3.63, 3.8) is 0 Å². The van der Waals surface area contributed by atoms with Crippen LogP contribution in [0, 0.1) is 6.07 Å². The summed E-state index contributed by atoms with van der Waals surface area (Å²) in [7, 11) is 3.14. The van der Waals surface area contributed by atoms with E-state index in [4.69, 9.17) is 15.2 Å². The van der Waals surface area contributed by atoms with Crippen LogP contribution in [-0.4, -0.2) is 14.2 Å². The molecule has 11 heavy (non-hydrogen) atoms. The van der Waals surface area contributed by atoms with Gasteiger partial charge in [-0.2, -0.15) is 0 Å². The first kappa shape index (κ1) is 7.72. The van der Waals surface area contributed by atoms with E-state index in [1.807, 2.05) is 0 Å². The zero-order valence-corrected chi connectivity index (χ0v) is 6.55. The average molecular weight is 152 g/mol. The SMILES string of the molecule is COc1c[c]c(N)cc1OC. The molecule has 0 saturated heterocycles. The van der Waals surface area contributed by atoms with E-state index in [-0.39, 0.29) is 0 Å². The predicted molar refractivity (Wildman–Crippen MR) is 42.8 cm³/mol. The smallest absolute Gasteiger partial charge is 0.162 e. The lowest BCUT2D eigenvalue weighted by Crippen LogP contribution is -1.92. The third kappa shape index (κ3) is 1.55. The molecule has 1 aromatic rings. The molecule has 1 aromatic carbocycles. The fourth-order valence-corrected chi connectivity index (χ4v) is 0.793. The number of rotatable bonds is 2. The molecule has 0 saturated carbocycles.